The minimum atomic E-state index is -0.492. The Morgan fingerprint density at radius 3 is 2.64 bits per heavy atom. The van der Waals surface area contributed by atoms with Crippen LogP contribution in [0.15, 0.2) is 55.3 Å². The van der Waals surface area contributed by atoms with E-state index >= 15 is 0 Å². The monoisotopic (exact) mass is 468 g/mol. The first-order valence-electron chi connectivity index (χ1n) is 10.7. The maximum atomic E-state index is 14.4. The zero-order chi connectivity index (χ0) is 23.4. The average molecular weight is 469 g/mol. The van der Waals surface area contributed by atoms with Crippen LogP contribution in [0.2, 0.25) is 5.02 Å². The van der Waals surface area contributed by atoms with Crippen molar-refractivity contribution in [3.05, 3.63) is 77.5 Å². The Hall–Kier alpha value is -3.32. The number of hydrogen-bond donors (Lipinski definition) is 1. The molecule has 170 valence electrons. The van der Waals surface area contributed by atoms with Gasteiger partial charge in [-0.15, -0.1) is 0 Å². The topological polar surface area (TPSA) is 58.1 Å². The fraction of sp³-hybridized carbons (Fsp3) is 0.240. The molecule has 4 rings (SSSR count). The first-order valence-corrected chi connectivity index (χ1v) is 11.1. The molecular formula is C25H23ClF2N4O. The van der Waals surface area contributed by atoms with Gasteiger partial charge in [0.15, 0.2) is 5.78 Å². The van der Waals surface area contributed by atoms with E-state index in [2.05, 4.69) is 21.9 Å². The molecule has 1 aromatic heterocycles. The molecule has 1 N–H and O–H groups in total. The number of ketones is 1. The predicted molar refractivity (Wildman–Crippen MR) is 127 cm³/mol. The normalized spacial score (nSPS) is 13.6. The summed E-state index contributed by atoms with van der Waals surface area (Å²) in [6.07, 6.45) is 5.74. The van der Waals surface area contributed by atoms with E-state index in [0.717, 1.165) is 38.4 Å². The zero-order valence-corrected chi connectivity index (χ0v) is 18.7. The number of hydrogen-bond acceptors (Lipinski definition) is 5. The van der Waals surface area contributed by atoms with E-state index in [1.54, 1.807) is 24.3 Å². The lowest BCUT2D eigenvalue weighted by Crippen LogP contribution is -2.30. The third-order valence-corrected chi connectivity index (χ3v) is 5.83. The first-order chi connectivity index (χ1) is 15.9. The van der Waals surface area contributed by atoms with E-state index in [1.165, 1.54) is 18.3 Å². The molecule has 5 nitrogen and oxygen atoms in total. The minimum Gasteiger partial charge on any atom is -0.369 e. The third-order valence-electron chi connectivity index (χ3n) is 5.55. The SMILES string of the molecule is C=CC(=O)Cc1cc(-c2nc(Nc3ccc(F)c(N4CCCCC4)c3)ncc2Cl)ccc1F. The van der Waals surface area contributed by atoms with Gasteiger partial charge < -0.3 is 10.2 Å². The number of halogens is 3. The van der Waals surface area contributed by atoms with E-state index in [4.69, 9.17) is 11.6 Å². The average Bonchev–Trinajstić information content (AvgIpc) is 2.83. The van der Waals surface area contributed by atoms with Crippen molar-refractivity contribution >= 4 is 34.7 Å². The molecule has 8 heteroatoms. The third kappa shape index (κ3) is 5.37. The highest BCUT2D eigenvalue weighted by Crippen LogP contribution is 2.30. The number of rotatable bonds is 7. The summed E-state index contributed by atoms with van der Waals surface area (Å²) in [7, 11) is 0. The van der Waals surface area contributed by atoms with Gasteiger partial charge in [0.05, 0.1) is 22.6 Å². The Kier molecular flexibility index (Phi) is 6.99. The largest absolute Gasteiger partial charge is 0.369 e. The minimum absolute atomic E-state index is 0.105. The molecule has 0 unspecified atom stereocenters. The molecule has 33 heavy (non-hydrogen) atoms. The standard InChI is InChI=1S/C25H23ClF2N4O/c1-2-19(33)13-17-12-16(6-8-21(17)27)24-20(26)15-29-25(31-24)30-18-7-9-22(28)23(14-18)32-10-4-3-5-11-32/h2,6-9,12,14-15H,1,3-5,10-11,13H2,(H,29,30,31). The summed E-state index contributed by atoms with van der Waals surface area (Å²) in [4.78, 5) is 22.4. The van der Waals surface area contributed by atoms with Crippen LogP contribution in [0.1, 0.15) is 24.8 Å². The quantitative estimate of drug-likeness (QED) is 0.424. The second kappa shape index (κ2) is 10.1. The number of nitrogens with zero attached hydrogens (tertiary/aromatic N) is 3. The van der Waals surface area contributed by atoms with Crippen LogP contribution in [-0.4, -0.2) is 28.8 Å². The molecule has 0 atom stereocenters. The van der Waals surface area contributed by atoms with Gasteiger partial charge in [0.1, 0.15) is 11.6 Å². The molecule has 1 fully saturated rings. The molecule has 0 spiro atoms. The Bertz CT molecular complexity index is 1200. The van der Waals surface area contributed by atoms with Crippen LogP contribution < -0.4 is 10.2 Å². The van der Waals surface area contributed by atoms with E-state index in [1.807, 2.05) is 4.90 Å². The number of carbonyl (C=O) groups excluding carboxylic acids is 1. The van der Waals surface area contributed by atoms with Crippen LogP contribution >= 0.6 is 11.6 Å². The van der Waals surface area contributed by atoms with Gasteiger partial charge in [-0.2, -0.15) is 0 Å². The van der Waals surface area contributed by atoms with E-state index in [0.29, 0.717) is 22.6 Å². The molecule has 2 aromatic carbocycles. The summed E-state index contributed by atoms with van der Waals surface area (Å²) in [6, 6.07) is 9.15. The van der Waals surface area contributed by atoms with Crippen molar-refractivity contribution in [1.29, 1.82) is 0 Å². The van der Waals surface area contributed by atoms with Gasteiger partial charge in [0, 0.05) is 30.8 Å². The number of carbonyl (C=O) groups is 1. The fourth-order valence-electron chi connectivity index (χ4n) is 3.84. The van der Waals surface area contributed by atoms with Crippen LogP contribution in [0.5, 0.6) is 0 Å². The molecule has 1 saturated heterocycles. The summed E-state index contributed by atoms with van der Waals surface area (Å²) in [5, 5.41) is 3.38. The lowest BCUT2D eigenvalue weighted by atomic mass is 10.0. The Labute approximate surface area is 196 Å². The molecular weight excluding hydrogens is 446 g/mol. The van der Waals surface area contributed by atoms with Gasteiger partial charge in [-0.05, 0) is 67.3 Å². The summed E-state index contributed by atoms with van der Waals surface area (Å²) in [5.41, 5.74) is 2.35. The van der Waals surface area contributed by atoms with Crippen LogP contribution in [-0.2, 0) is 11.2 Å². The van der Waals surface area contributed by atoms with Crippen LogP contribution in [0.25, 0.3) is 11.3 Å². The number of nitrogens with one attached hydrogen (secondary N) is 1. The molecule has 0 amide bonds. The van der Waals surface area contributed by atoms with Crippen LogP contribution in [0.3, 0.4) is 0 Å². The first kappa shape index (κ1) is 22.9. The van der Waals surface area contributed by atoms with Crippen molar-refractivity contribution in [2.75, 3.05) is 23.3 Å². The maximum Gasteiger partial charge on any atom is 0.227 e. The number of aromatic nitrogens is 2. The summed E-state index contributed by atoms with van der Waals surface area (Å²) in [5.74, 6) is -0.788. The van der Waals surface area contributed by atoms with Gasteiger partial charge >= 0.3 is 0 Å². The van der Waals surface area contributed by atoms with Crippen molar-refractivity contribution in [3.8, 4) is 11.3 Å². The van der Waals surface area contributed by atoms with E-state index in [-0.39, 0.29) is 34.6 Å². The molecule has 1 aliphatic rings. The second-order valence-electron chi connectivity index (χ2n) is 7.88. The van der Waals surface area contributed by atoms with Crippen LogP contribution in [0, 0.1) is 11.6 Å². The van der Waals surface area contributed by atoms with Gasteiger partial charge in [-0.3, -0.25) is 4.79 Å². The Balaban J connectivity index is 1.61. The summed E-state index contributed by atoms with van der Waals surface area (Å²) in [6.45, 7) is 5.07. The second-order valence-corrected chi connectivity index (χ2v) is 8.29. The molecule has 0 aliphatic carbocycles. The van der Waals surface area contributed by atoms with Gasteiger partial charge in [0.25, 0.3) is 0 Å². The van der Waals surface area contributed by atoms with Gasteiger partial charge in [0.2, 0.25) is 5.95 Å². The zero-order valence-electron chi connectivity index (χ0n) is 18.0. The Morgan fingerprint density at radius 2 is 1.88 bits per heavy atom. The highest BCUT2D eigenvalue weighted by Gasteiger charge is 2.17. The van der Waals surface area contributed by atoms with E-state index in [9.17, 15) is 13.6 Å². The number of piperidine rings is 1. The van der Waals surface area contributed by atoms with Crippen LogP contribution in [0.4, 0.5) is 26.1 Å². The predicted octanol–water partition coefficient (Wildman–Crippen LogP) is 6.11. The molecule has 0 saturated carbocycles. The Morgan fingerprint density at radius 1 is 1.12 bits per heavy atom. The molecule has 3 aromatic rings. The molecule has 0 radical (unpaired) electrons. The summed E-state index contributed by atoms with van der Waals surface area (Å²) >= 11 is 6.32. The van der Waals surface area contributed by atoms with Crippen molar-refractivity contribution in [2.45, 2.75) is 25.7 Å². The number of anilines is 3. The molecule has 2 heterocycles. The fourth-order valence-corrected chi connectivity index (χ4v) is 4.04. The van der Waals surface area contributed by atoms with Gasteiger partial charge in [-0.1, -0.05) is 18.2 Å². The molecule has 1 aliphatic heterocycles. The lowest BCUT2D eigenvalue weighted by molar-refractivity contribution is -0.114. The smallest absolute Gasteiger partial charge is 0.227 e. The van der Waals surface area contributed by atoms with E-state index < -0.39 is 5.82 Å². The highest BCUT2D eigenvalue weighted by atomic mass is 35.5. The summed E-state index contributed by atoms with van der Waals surface area (Å²) < 4.78 is 28.6. The highest BCUT2D eigenvalue weighted by molar-refractivity contribution is 6.32. The van der Waals surface area contributed by atoms with Crippen molar-refractivity contribution in [2.24, 2.45) is 0 Å². The van der Waals surface area contributed by atoms with Crippen molar-refractivity contribution in [1.82, 2.24) is 9.97 Å². The van der Waals surface area contributed by atoms with Crippen molar-refractivity contribution < 1.29 is 13.6 Å². The number of allylic oxidation sites excluding steroid dienone is 1. The lowest BCUT2D eigenvalue weighted by Gasteiger charge is -2.29. The maximum absolute atomic E-state index is 14.4. The van der Waals surface area contributed by atoms with Crippen molar-refractivity contribution in [3.63, 3.8) is 0 Å². The van der Waals surface area contributed by atoms with Gasteiger partial charge in [-0.25, -0.2) is 18.7 Å². The molecule has 0 bridgehead atoms. The number of benzene rings is 2.